The lowest BCUT2D eigenvalue weighted by Crippen LogP contribution is -2.31. The Balaban J connectivity index is 2.06. The molecule has 2 heterocycles. The van der Waals surface area contributed by atoms with Crippen LogP contribution in [-0.2, 0) is 11.8 Å². The van der Waals surface area contributed by atoms with Gasteiger partial charge in [-0.1, -0.05) is 20.8 Å². The van der Waals surface area contributed by atoms with E-state index in [1.54, 1.807) is 0 Å². The molecule has 2 N–H and O–H groups in total. The molecular formula is C14H25N3. The average Bonchev–Trinajstić information content (AvgIpc) is 2.60. The molecule has 0 saturated carbocycles. The number of aromatic nitrogens is 2. The zero-order valence-corrected chi connectivity index (χ0v) is 11.6. The zero-order chi connectivity index (χ0) is 12.5. The molecule has 0 radical (unpaired) electrons. The minimum Gasteiger partial charge on any atom is -0.346 e. The van der Waals surface area contributed by atoms with Crippen molar-refractivity contribution in [2.24, 2.45) is 5.92 Å². The lowest BCUT2D eigenvalue weighted by molar-refractivity contribution is 0.371. The minimum absolute atomic E-state index is 0.143. The number of piperidine rings is 1. The molecule has 0 aromatic carbocycles. The third-order valence-electron chi connectivity index (χ3n) is 3.53. The van der Waals surface area contributed by atoms with Crippen LogP contribution in [0.15, 0.2) is 0 Å². The first kappa shape index (κ1) is 12.6. The normalized spacial score (nSPS) is 21.8. The van der Waals surface area contributed by atoms with Crippen molar-refractivity contribution in [2.45, 2.75) is 52.4 Å². The number of rotatable bonds is 2. The Kier molecular flexibility index (Phi) is 3.57. The van der Waals surface area contributed by atoms with Crippen LogP contribution in [0.1, 0.15) is 50.8 Å². The smallest absolute Gasteiger partial charge is 0.106 e. The molecule has 1 saturated heterocycles. The fourth-order valence-electron chi connectivity index (χ4n) is 2.72. The highest BCUT2D eigenvalue weighted by molar-refractivity contribution is 5.21. The van der Waals surface area contributed by atoms with E-state index in [1.807, 2.05) is 0 Å². The van der Waals surface area contributed by atoms with Gasteiger partial charge >= 0.3 is 0 Å². The van der Waals surface area contributed by atoms with E-state index in [9.17, 15) is 0 Å². The highest BCUT2D eigenvalue weighted by Gasteiger charge is 2.22. The monoisotopic (exact) mass is 235 g/mol. The number of H-pyrrole nitrogens is 1. The number of aromatic amines is 1. The maximum atomic E-state index is 4.79. The van der Waals surface area contributed by atoms with E-state index < -0.39 is 0 Å². The molecule has 3 nitrogen and oxygen atoms in total. The van der Waals surface area contributed by atoms with Crippen molar-refractivity contribution in [3.8, 4) is 0 Å². The van der Waals surface area contributed by atoms with E-state index in [0.717, 1.165) is 18.9 Å². The van der Waals surface area contributed by atoms with Crippen molar-refractivity contribution in [3.05, 3.63) is 17.2 Å². The molecule has 1 aliphatic heterocycles. The Morgan fingerprint density at radius 2 is 2.12 bits per heavy atom. The number of hydrogen-bond donors (Lipinski definition) is 2. The summed E-state index contributed by atoms with van der Waals surface area (Å²) in [7, 11) is 0. The summed E-state index contributed by atoms with van der Waals surface area (Å²) < 4.78 is 0. The Labute approximate surface area is 104 Å². The molecular weight excluding hydrogens is 210 g/mol. The molecule has 1 unspecified atom stereocenters. The number of nitrogens with one attached hydrogen (secondary N) is 2. The van der Waals surface area contributed by atoms with Gasteiger partial charge in [-0.3, -0.25) is 0 Å². The van der Waals surface area contributed by atoms with Gasteiger partial charge in [0.1, 0.15) is 5.82 Å². The maximum Gasteiger partial charge on any atom is 0.106 e. The van der Waals surface area contributed by atoms with Crippen LogP contribution in [0.5, 0.6) is 0 Å². The summed E-state index contributed by atoms with van der Waals surface area (Å²) in [6.07, 6.45) is 3.72. The Bertz CT molecular complexity index is 367. The summed E-state index contributed by atoms with van der Waals surface area (Å²) in [5.41, 5.74) is 2.59. The van der Waals surface area contributed by atoms with Crippen LogP contribution < -0.4 is 5.32 Å². The van der Waals surface area contributed by atoms with E-state index in [-0.39, 0.29) is 5.41 Å². The summed E-state index contributed by atoms with van der Waals surface area (Å²) in [6, 6.07) is 0. The van der Waals surface area contributed by atoms with Crippen molar-refractivity contribution in [1.82, 2.24) is 15.3 Å². The molecule has 1 aliphatic rings. The van der Waals surface area contributed by atoms with Crippen LogP contribution in [0.4, 0.5) is 0 Å². The van der Waals surface area contributed by atoms with Crippen LogP contribution in [0, 0.1) is 12.8 Å². The molecule has 0 aliphatic carbocycles. The second-order valence-corrected chi connectivity index (χ2v) is 6.32. The average molecular weight is 235 g/mol. The van der Waals surface area contributed by atoms with Crippen molar-refractivity contribution in [2.75, 3.05) is 13.1 Å². The molecule has 3 heteroatoms. The second-order valence-electron chi connectivity index (χ2n) is 6.32. The summed E-state index contributed by atoms with van der Waals surface area (Å²) in [5, 5.41) is 3.47. The Morgan fingerprint density at radius 3 is 2.65 bits per heavy atom. The molecule has 1 fully saturated rings. The number of nitrogens with zero attached hydrogens (tertiary/aromatic N) is 1. The van der Waals surface area contributed by atoms with Gasteiger partial charge in [0.05, 0.1) is 5.69 Å². The van der Waals surface area contributed by atoms with Crippen LogP contribution in [0.25, 0.3) is 0 Å². The largest absolute Gasteiger partial charge is 0.346 e. The molecule has 1 atom stereocenters. The quantitative estimate of drug-likeness (QED) is 0.827. The fourth-order valence-corrected chi connectivity index (χ4v) is 2.72. The number of hydrogen-bond acceptors (Lipinski definition) is 2. The van der Waals surface area contributed by atoms with Crippen molar-refractivity contribution in [3.63, 3.8) is 0 Å². The summed E-state index contributed by atoms with van der Waals surface area (Å²) >= 11 is 0. The van der Waals surface area contributed by atoms with Crippen molar-refractivity contribution < 1.29 is 0 Å². The van der Waals surface area contributed by atoms with E-state index in [2.05, 4.69) is 38.0 Å². The summed E-state index contributed by atoms with van der Waals surface area (Å²) in [6.45, 7) is 11.1. The highest BCUT2D eigenvalue weighted by atomic mass is 14.9. The SMILES string of the molecule is Cc1[nH]c(CC2CCCNC2)nc1C(C)(C)C. The fraction of sp³-hybridized carbons (Fsp3) is 0.786. The summed E-state index contributed by atoms with van der Waals surface area (Å²) in [5.74, 6) is 1.92. The first-order valence-electron chi connectivity index (χ1n) is 6.73. The van der Waals surface area contributed by atoms with Crippen molar-refractivity contribution in [1.29, 1.82) is 0 Å². The van der Waals surface area contributed by atoms with E-state index in [1.165, 1.54) is 36.6 Å². The predicted octanol–water partition coefficient (Wildman–Crippen LogP) is 2.56. The molecule has 2 rings (SSSR count). The van der Waals surface area contributed by atoms with Gasteiger partial charge in [0.15, 0.2) is 0 Å². The Morgan fingerprint density at radius 1 is 1.35 bits per heavy atom. The third kappa shape index (κ3) is 3.09. The minimum atomic E-state index is 0.143. The molecule has 0 bridgehead atoms. The molecule has 1 aromatic rings. The van der Waals surface area contributed by atoms with Crippen LogP contribution in [0.3, 0.4) is 0 Å². The third-order valence-corrected chi connectivity index (χ3v) is 3.53. The van der Waals surface area contributed by atoms with Gasteiger partial charge in [-0.25, -0.2) is 4.98 Å². The first-order valence-corrected chi connectivity index (χ1v) is 6.73. The van der Waals surface area contributed by atoms with Gasteiger partial charge in [-0.05, 0) is 38.8 Å². The molecule has 0 spiro atoms. The van der Waals surface area contributed by atoms with E-state index in [4.69, 9.17) is 4.98 Å². The summed E-state index contributed by atoms with van der Waals surface area (Å²) in [4.78, 5) is 8.25. The molecule has 0 amide bonds. The number of aryl methyl sites for hydroxylation is 1. The number of imidazole rings is 1. The van der Waals surface area contributed by atoms with Crippen LogP contribution >= 0.6 is 0 Å². The lowest BCUT2D eigenvalue weighted by atomic mass is 9.91. The molecule has 96 valence electrons. The van der Waals surface area contributed by atoms with Gasteiger partial charge in [-0.2, -0.15) is 0 Å². The maximum absolute atomic E-state index is 4.79. The van der Waals surface area contributed by atoms with E-state index >= 15 is 0 Å². The second kappa shape index (κ2) is 4.81. The first-order chi connectivity index (χ1) is 7.97. The predicted molar refractivity (Wildman–Crippen MR) is 71.3 cm³/mol. The van der Waals surface area contributed by atoms with Gasteiger partial charge in [0, 0.05) is 17.5 Å². The lowest BCUT2D eigenvalue weighted by Gasteiger charge is -2.21. The molecule has 1 aromatic heterocycles. The van der Waals surface area contributed by atoms with Crippen LogP contribution in [0.2, 0.25) is 0 Å². The topological polar surface area (TPSA) is 40.7 Å². The standard InChI is InChI=1S/C14H25N3/c1-10-13(14(2,3)4)17-12(16-10)8-11-6-5-7-15-9-11/h11,15H,5-9H2,1-4H3,(H,16,17). The van der Waals surface area contributed by atoms with Gasteiger partial charge in [0.2, 0.25) is 0 Å². The Hall–Kier alpha value is -0.830. The highest BCUT2D eigenvalue weighted by Crippen LogP contribution is 2.24. The van der Waals surface area contributed by atoms with Crippen LogP contribution in [-0.4, -0.2) is 23.1 Å². The molecule has 17 heavy (non-hydrogen) atoms. The van der Waals surface area contributed by atoms with Gasteiger partial charge in [0.25, 0.3) is 0 Å². The van der Waals surface area contributed by atoms with Crippen molar-refractivity contribution >= 4 is 0 Å². The van der Waals surface area contributed by atoms with Gasteiger partial charge in [-0.15, -0.1) is 0 Å². The van der Waals surface area contributed by atoms with E-state index in [0.29, 0.717) is 0 Å². The van der Waals surface area contributed by atoms with Gasteiger partial charge < -0.3 is 10.3 Å². The zero-order valence-electron chi connectivity index (χ0n) is 11.6.